The zero-order valence-corrected chi connectivity index (χ0v) is 11.3. The number of nitrogens with two attached hydrogens (primary N) is 1. The molecule has 0 saturated carbocycles. The van der Waals surface area contributed by atoms with Crippen LogP contribution in [0.25, 0.3) is 10.9 Å². The molecule has 2 rings (SSSR count). The molecule has 0 aliphatic carbocycles. The summed E-state index contributed by atoms with van der Waals surface area (Å²) >= 11 is 0. The lowest BCUT2D eigenvalue weighted by atomic mass is 10.1. The number of aromatic nitrogens is 1. The van der Waals surface area contributed by atoms with Gasteiger partial charge in [0.25, 0.3) is 0 Å². The van der Waals surface area contributed by atoms with Gasteiger partial charge in [0.1, 0.15) is 12.4 Å². The fourth-order valence-corrected chi connectivity index (χ4v) is 1.92. The number of amidine groups is 1. The van der Waals surface area contributed by atoms with Crippen LogP contribution in [0.15, 0.2) is 41.7 Å². The summed E-state index contributed by atoms with van der Waals surface area (Å²) in [6, 6.07) is 9.96. The predicted octanol–water partition coefficient (Wildman–Crippen LogP) is 3.07. The highest BCUT2D eigenvalue weighted by Gasteiger charge is 2.02. The van der Waals surface area contributed by atoms with Crippen molar-refractivity contribution in [3.05, 3.63) is 42.1 Å². The number of nitrogens with zero attached hydrogens (tertiary/aromatic N) is 2. The summed E-state index contributed by atoms with van der Waals surface area (Å²) < 4.78 is 0. The Morgan fingerprint density at radius 3 is 2.89 bits per heavy atom. The van der Waals surface area contributed by atoms with E-state index in [2.05, 4.69) is 24.0 Å². The summed E-state index contributed by atoms with van der Waals surface area (Å²) in [6.07, 6.45) is 2.52. The third-order valence-electron chi connectivity index (χ3n) is 2.74. The molecule has 100 valence electrons. The van der Waals surface area contributed by atoms with Crippen LogP contribution in [0, 0.1) is 5.92 Å². The van der Waals surface area contributed by atoms with Gasteiger partial charge in [0.2, 0.25) is 0 Å². The number of pyridine rings is 1. The molecule has 4 heteroatoms. The molecule has 0 bridgehead atoms. The summed E-state index contributed by atoms with van der Waals surface area (Å²) in [5.74, 6) is 1.01. The first kappa shape index (κ1) is 13.3. The van der Waals surface area contributed by atoms with Gasteiger partial charge in [0.15, 0.2) is 0 Å². The molecule has 0 saturated heterocycles. The molecular weight excluding hydrogens is 238 g/mol. The smallest absolute Gasteiger partial charge is 0.144 e. The third kappa shape index (κ3) is 3.68. The zero-order chi connectivity index (χ0) is 13.7. The van der Waals surface area contributed by atoms with E-state index in [-0.39, 0.29) is 0 Å². The van der Waals surface area contributed by atoms with Crippen molar-refractivity contribution in [2.75, 3.05) is 0 Å². The van der Waals surface area contributed by atoms with E-state index >= 15 is 0 Å². The van der Waals surface area contributed by atoms with Crippen LogP contribution in [-0.2, 0) is 11.4 Å². The molecule has 0 unspecified atom stereocenters. The molecule has 1 heterocycles. The zero-order valence-electron chi connectivity index (χ0n) is 11.3. The quantitative estimate of drug-likeness (QED) is 0.508. The average Bonchev–Trinajstić information content (AvgIpc) is 2.38. The van der Waals surface area contributed by atoms with Gasteiger partial charge >= 0.3 is 0 Å². The van der Waals surface area contributed by atoms with E-state index in [9.17, 15) is 0 Å². The Morgan fingerprint density at radius 2 is 2.11 bits per heavy atom. The van der Waals surface area contributed by atoms with Crippen LogP contribution in [0.5, 0.6) is 0 Å². The van der Waals surface area contributed by atoms with Gasteiger partial charge in [0, 0.05) is 23.6 Å². The number of hydrogen-bond donors (Lipinski definition) is 1. The molecule has 19 heavy (non-hydrogen) atoms. The monoisotopic (exact) mass is 257 g/mol. The Bertz CT molecular complexity index is 573. The lowest BCUT2D eigenvalue weighted by molar-refractivity contribution is 0.130. The summed E-state index contributed by atoms with van der Waals surface area (Å²) in [5.41, 5.74) is 7.72. The minimum absolute atomic E-state index is 0.382. The molecule has 1 aromatic carbocycles. The molecule has 2 N–H and O–H groups in total. The van der Waals surface area contributed by atoms with Crippen LogP contribution in [0.3, 0.4) is 0 Å². The maximum absolute atomic E-state index is 5.76. The molecule has 0 aliphatic heterocycles. The van der Waals surface area contributed by atoms with Gasteiger partial charge in [-0.05, 0) is 12.0 Å². The highest BCUT2D eigenvalue weighted by molar-refractivity contribution is 5.81. The molecule has 2 aromatic rings. The van der Waals surface area contributed by atoms with Gasteiger partial charge < -0.3 is 10.6 Å². The van der Waals surface area contributed by atoms with Crippen LogP contribution < -0.4 is 5.73 Å². The van der Waals surface area contributed by atoms with Crippen molar-refractivity contribution in [3.8, 4) is 0 Å². The van der Waals surface area contributed by atoms with E-state index in [1.807, 2.05) is 30.3 Å². The van der Waals surface area contributed by atoms with E-state index in [1.165, 1.54) is 0 Å². The number of oxime groups is 1. The highest BCUT2D eigenvalue weighted by Crippen LogP contribution is 2.16. The van der Waals surface area contributed by atoms with Crippen molar-refractivity contribution < 1.29 is 4.84 Å². The standard InChI is InChI=1S/C15H19N3O/c1-11(2)9-14(16)18-19-10-13-6-3-5-12-7-4-8-17-15(12)13/h3-8,11H,9-10H2,1-2H3,(H2,16,18). The lowest BCUT2D eigenvalue weighted by Crippen LogP contribution is -2.14. The Morgan fingerprint density at radius 1 is 1.32 bits per heavy atom. The lowest BCUT2D eigenvalue weighted by Gasteiger charge is -2.06. The fraction of sp³-hybridized carbons (Fsp3) is 0.333. The summed E-state index contributed by atoms with van der Waals surface area (Å²) in [6.45, 7) is 4.57. The SMILES string of the molecule is CC(C)CC(N)=NOCc1cccc2cccnc12. The Labute approximate surface area is 113 Å². The van der Waals surface area contributed by atoms with Gasteiger partial charge in [-0.15, -0.1) is 0 Å². The summed E-state index contributed by atoms with van der Waals surface area (Å²) in [5, 5.41) is 5.03. The molecule has 0 atom stereocenters. The van der Waals surface area contributed by atoms with E-state index in [1.54, 1.807) is 6.20 Å². The molecule has 4 nitrogen and oxygen atoms in total. The Kier molecular flexibility index (Phi) is 4.34. The summed E-state index contributed by atoms with van der Waals surface area (Å²) in [7, 11) is 0. The van der Waals surface area contributed by atoms with Crippen LogP contribution in [-0.4, -0.2) is 10.8 Å². The first-order valence-electron chi connectivity index (χ1n) is 6.43. The van der Waals surface area contributed by atoms with Gasteiger partial charge in [-0.2, -0.15) is 0 Å². The minimum atomic E-state index is 0.382. The number of hydrogen-bond acceptors (Lipinski definition) is 3. The third-order valence-corrected chi connectivity index (χ3v) is 2.74. The molecule has 1 aromatic heterocycles. The predicted molar refractivity (Wildman–Crippen MR) is 77.6 cm³/mol. The van der Waals surface area contributed by atoms with Gasteiger partial charge in [0.05, 0.1) is 5.52 Å². The highest BCUT2D eigenvalue weighted by atomic mass is 16.6. The number of para-hydroxylation sites is 1. The Balaban J connectivity index is 2.06. The van der Waals surface area contributed by atoms with Crippen molar-refractivity contribution in [2.24, 2.45) is 16.8 Å². The number of rotatable bonds is 5. The molecule has 0 radical (unpaired) electrons. The topological polar surface area (TPSA) is 60.5 Å². The largest absolute Gasteiger partial charge is 0.389 e. The van der Waals surface area contributed by atoms with Crippen molar-refractivity contribution in [1.29, 1.82) is 0 Å². The molecule has 0 aliphatic rings. The molecule has 0 amide bonds. The van der Waals surface area contributed by atoms with Crippen LogP contribution in [0.4, 0.5) is 0 Å². The van der Waals surface area contributed by atoms with Gasteiger partial charge in [-0.3, -0.25) is 4.98 Å². The van der Waals surface area contributed by atoms with Crippen LogP contribution >= 0.6 is 0 Å². The van der Waals surface area contributed by atoms with Crippen molar-refractivity contribution in [3.63, 3.8) is 0 Å². The number of fused-ring (bicyclic) bond motifs is 1. The second-order valence-corrected chi connectivity index (χ2v) is 4.95. The van der Waals surface area contributed by atoms with Crippen molar-refractivity contribution >= 4 is 16.7 Å². The molecule has 0 fully saturated rings. The van der Waals surface area contributed by atoms with Crippen molar-refractivity contribution in [1.82, 2.24) is 4.98 Å². The molecule has 0 spiro atoms. The second kappa shape index (κ2) is 6.18. The first-order chi connectivity index (χ1) is 9.16. The second-order valence-electron chi connectivity index (χ2n) is 4.95. The van der Waals surface area contributed by atoms with E-state index in [0.29, 0.717) is 18.4 Å². The van der Waals surface area contributed by atoms with Crippen LogP contribution in [0.1, 0.15) is 25.8 Å². The maximum Gasteiger partial charge on any atom is 0.144 e. The van der Waals surface area contributed by atoms with Gasteiger partial charge in [-0.1, -0.05) is 43.3 Å². The first-order valence-corrected chi connectivity index (χ1v) is 6.43. The van der Waals surface area contributed by atoms with Gasteiger partial charge in [-0.25, -0.2) is 0 Å². The molecular formula is C15H19N3O. The average molecular weight is 257 g/mol. The Hall–Kier alpha value is -2.10. The fourth-order valence-electron chi connectivity index (χ4n) is 1.92. The van der Waals surface area contributed by atoms with Crippen molar-refractivity contribution in [2.45, 2.75) is 26.9 Å². The minimum Gasteiger partial charge on any atom is -0.389 e. The van der Waals surface area contributed by atoms with E-state index in [0.717, 1.165) is 22.9 Å². The maximum atomic E-state index is 5.76. The van der Waals surface area contributed by atoms with E-state index < -0.39 is 0 Å². The van der Waals surface area contributed by atoms with E-state index in [4.69, 9.17) is 10.6 Å². The number of benzene rings is 1. The van der Waals surface area contributed by atoms with Crippen LogP contribution in [0.2, 0.25) is 0 Å². The summed E-state index contributed by atoms with van der Waals surface area (Å²) in [4.78, 5) is 9.68. The normalized spacial score (nSPS) is 12.1.